The summed E-state index contributed by atoms with van der Waals surface area (Å²) in [5.74, 6) is 1.91. The van der Waals surface area contributed by atoms with Crippen molar-refractivity contribution in [1.29, 1.82) is 0 Å². The van der Waals surface area contributed by atoms with Gasteiger partial charge in [-0.2, -0.15) is 5.10 Å². The number of nitrogens with two attached hydrogens (primary N) is 1. The van der Waals surface area contributed by atoms with Crippen LogP contribution in [0, 0.1) is 0 Å². The number of hydrogen-bond acceptors (Lipinski definition) is 7. The zero-order valence-corrected chi connectivity index (χ0v) is 18.2. The second kappa shape index (κ2) is 9.01. The maximum atomic E-state index is 10.2. The molecule has 2 unspecified atom stereocenters. The van der Waals surface area contributed by atoms with Gasteiger partial charge in [-0.3, -0.25) is 4.90 Å². The highest BCUT2D eigenvalue weighted by Gasteiger charge is 2.28. The van der Waals surface area contributed by atoms with E-state index >= 15 is 0 Å². The highest BCUT2D eigenvalue weighted by atomic mass is 16.5. The summed E-state index contributed by atoms with van der Waals surface area (Å²) in [4.78, 5) is 10.7. The second-order valence-corrected chi connectivity index (χ2v) is 8.13. The minimum Gasteiger partial charge on any atom is -0.457 e. The Morgan fingerprint density at radius 1 is 1.09 bits per heavy atom. The first-order valence-electron chi connectivity index (χ1n) is 11.0. The molecule has 3 N–H and O–H groups in total. The highest BCUT2D eigenvalue weighted by molar-refractivity contribution is 5.98. The maximum Gasteiger partial charge on any atom is 0.164 e. The number of aliphatic hydroxyl groups is 1. The summed E-state index contributed by atoms with van der Waals surface area (Å²) in [6, 6.07) is 17.5. The number of nitrogen functional groups attached to an aromatic ring is 1. The molecule has 8 nitrogen and oxygen atoms in total. The molecule has 0 spiro atoms. The molecule has 1 fully saturated rings. The van der Waals surface area contributed by atoms with Crippen molar-refractivity contribution in [3.05, 3.63) is 73.6 Å². The predicted octanol–water partition coefficient (Wildman–Crippen LogP) is 4.01. The van der Waals surface area contributed by atoms with E-state index < -0.39 is 6.23 Å². The number of hydrogen-bond donors (Lipinski definition) is 2. The SMILES string of the molecule is C=CC(O)N1CCCC(n2nc(-c3ccc(Oc4ccccc4)cc3)c3c(N)ncnc32)C1. The molecule has 0 aliphatic carbocycles. The van der Waals surface area contributed by atoms with Gasteiger partial charge in [-0.05, 0) is 55.3 Å². The first-order chi connectivity index (χ1) is 16.1. The van der Waals surface area contributed by atoms with Crippen molar-refractivity contribution in [2.75, 3.05) is 18.8 Å². The minimum atomic E-state index is -0.675. The van der Waals surface area contributed by atoms with Crippen LogP contribution in [0.25, 0.3) is 22.3 Å². The number of para-hydroxylation sites is 1. The third-order valence-corrected chi connectivity index (χ3v) is 5.98. The van der Waals surface area contributed by atoms with Gasteiger partial charge in [0.05, 0.1) is 11.4 Å². The molecule has 168 valence electrons. The molecule has 4 aromatic rings. The zero-order valence-electron chi connectivity index (χ0n) is 18.2. The van der Waals surface area contributed by atoms with E-state index in [1.54, 1.807) is 6.08 Å². The Bertz CT molecular complexity index is 1260. The largest absolute Gasteiger partial charge is 0.457 e. The summed E-state index contributed by atoms with van der Waals surface area (Å²) >= 11 is 0. The second-order valence-electron chi connectivity index (χ2n) is 8.13. The highest BCUT2D eigenvalue weighted by Crippen LogP contribution is 2.35. The van der Waals surface area contributed by atoms with Crippen molar-refractivity contribution in [2.45, 2.75) is 25.1 Å². The zero-order chi connectivity index (χ0) is 22.8. The summed E-state index contributed by atoms with van der Waals surface area (Å²) in [6.45, 7) is 5.18. The van der Waals surface area contributed by atoms with Gasteiger partial charge in [-0.25, -0.2) is 14.6 Å². The summed E-state index contributed by atoms with van der Waals surface area (Å²) in [6.07, 6.45) is 4.22. The fraction of sp³-hybridized carbons (Fsp3) is 0.240. The smallest absolute Gasteiger partial charge is 0.164 e. The molecule has 2 aromatic heterocycles. The van der Waals surface area contributed by atoms with E-state index in [2.05, 4.69) is 16.5 Å². The summed E-state index contributed by atoms with van der Waals surface area (Å²) < 4.78 is 7.84. The van der Waals surface area contributed by atoms with Crippen LogP contribution in [-0.2, 0) is 0 Å². The van der Waals surface area contributed by atoms with Gasteiger partial charge in [0.15, 0.2) is 5.65 Å². The topological polar surface area (TPSA) is 102 Å². The van der Waals surface area contributed by atoms with Crippen molar-refractivity contribution < 1.29 is 9.84 Å². The van der Waals surface area contributed by atoms with Crippen LogP contribution in [0.2, 0.25) is 0 Å². The number of aromatic nitrogens is 4. The third-order valence-electron chi connectivity index (χ3n) is 5.98. The van der Waals surface area contributed by atoms with Crippen LogP contribution in [-0.4, -0.2) is 49.1 Å². The molecule has 8 heteroatoms. The van der Waals surface area contributed by atoms with Gasteiger partial charge >= 0.3 is 0 Å². The average molecular weight is 443 g/mol. The summed E-state index contributed by atoms with van der Waals surface area (Å²) in [5, 5.41) is 15.9. The van der Waals surface area contributed by atoms with Crippen LogP contribution in [0.15, 0.2) is 73.6 Å². The molecule has 0 saturated carbocycles. The van der Waals surface area contributed by atoms with E-state index in [9.17, 15) is 5.11 Å². The third kappa shape index (κ3) is 4.18. The van der Waals surface area contributed by atoms with Gasteiger partial charge < -0.3 is 15.6 Å². The van der Waals surface area contributed by atoms with Crippen molar-refractivity contribution in [2.24, 2.45) is 0 Å². The van der Waals surface area contributed by atoms with Crippen molar-refractivity contribution in [3.8, 4) is 22.8 Å². The quantitative estimate of drug-likeness (QED) is 0.435. The van der Waals surface area contributed by atoms with Gasteiger partial charge in [-0.1, -0.05) is 24.8 Å². The fourth-order valence-electron chi connectivity index (χ4n) is 4.33. The number of ether oxygens (including phenoxy) is 1. The molecule has 0 radical (unpaired) electrons. The molecule has 1 saturated heterocycles. The molecular formula is C25H26N6O2. The Morgan fingerprint density at radius 2 is 1.85 bits per heavy atom. The number of rotatable bonds is 6. The normalized spacial score (nSPS) is 17.7. The van der Waals surface area contributed by atoms with E-state index in [0.717, 1.165) is 47.5 Å². The van der Waals surface area contributed by atoms with E-state index in [0.29, 0.717) is 18.0 Å². The number of aliphatic hydroxyl groups excluding tert-OH is 1. The fourth-order valence-corrected chi connectivity index (χ4v) is 4.33. The molecule has 5 rings (SSSR count). The number of benzene rings is 2. The molecule has 1 aliphatic rings. The van der Waals surface area contributed by atoms with Crippen molar-refractivity contribution in [3.63, 3.8) is 0 Å². The summed E-state index contributed by atoms with van der Waals surface area (Å²) in [7, 11) is 0. The molecule has 3 heterocycles. The van der Waals surface area contributed by atoms with Gasteiger partial charge in [0.1, 0.15) is 35.6 Å². The van der Waals surface area contributed by atoms with Gasteiger partial charge in [0, 0.05) is 18.7 Å². The van der Waals surface area contributed by atoms with Gasteiger partial charge in [0.2, 0.25) is 0 Å². The molecule has 33 heavy (non-hydrogen) atoms. The van der Waals surface area contributed by atoms with Gasteiger partial charge in [0.25, 0.3) is 0 Å². The van der Waals surface area contributed by atoms with Crippen molar-refractivity contribution >= 4 is 16.9 Å². The van der Waals surface area contributed by atoms with Crippen LogP contribution in [0.5, 0.6) is 11.5 Å². The van der Waals surface area contributed by atoms with E-state index in [4.69, 9.17) is 15.6 Å². The molecule has 1 aliphatic heterocycles. The lowest BCUT2D eigenvalue weighted by Gasteiger charge is -2.34. The Hall–Kier alpha value is -3.75. The standard InChI is InChI=1S/C25H26N6O2/c1-2-21(32)30-14-6-7-18(15-30)31-25-22(24(26)27-16-28-25)23(29-31)17-10-12-20(13-11-17)33-19-8-4-3-5-9-19/h2-5,8-13,16,18,21,32H,1,6-7,14-15H2,(H2,26,27,28). The van der Waals surface area contributed by atoms with E-state index in [1.165, 1.54) is 6.33 Å². The summed E-state index contributed by atoms with van der Waals surface area (Å²) in [5.41, 5.74) is 8.60. The Balaban J connectivity index is 1.49. The monoisotopic (exact) mass is 442 g/mol. The lowest BCUT2D eigenvalue weighted by molar-refractivity contribution is 0.0127. The Morgan fingerprint density at radius 3 is 2.61 bits per heavy atom. The number of fused-ring (bicyclic) bond motifs is 1. The van der Waals surface area contributed by atoms with Crippen LogP contribution < -0.4 is 10.5 Å². The lowest BCUT2D eigenvalue weighted by Crippen LogP contribution is -2.42. The Labute approximate surface area is 192 Å². The molecule has 0 amide bonds. The first-order valence-corrected chi connectivity index (χ1v) is 11.0. The van der Waals surface area contributed by atoms with Crippen LogP contribution in [0.3, 0.4) is 0 Å². The predicted molar refractivity (Wildman–Crippen MR) is 128 cm³/mol. The van der Waals surface area contributed by atoms with E-state index in [-0.39, 0.29) is 6.04 Å². The molecule has 2 atom stereocenters. The lowest BCUT2D eigenvalue weighted by atomic mass is 10.1. The minimum absolute atomic E-state index is 0.0552. The number of piperidine rings is 1. The first kappa shape index (κ1) is 21.1. The number of likely N-dealkylation sites (tertiary alicyclic amines) is 1. The number of anilines is 1. The molecule has 2 aromatic carbocycles. The van der Waals surface area contributed by atoms with Crippen LogP contribution in [0.1, 0.15) is 18.9 Å². The van der Waals surface area contributed by atoms with Crippen molar-refractivity contribution in [1.82, 2.24) is 24.6 Å². The van der Waals surface area contributed by atoms with Crippen LogP contribution in [0.4, 0.5) is 5.82 Å². The molecule has 0 bridgehead atoms. The molecular weight excluding hydrogens is 416 g/mol. The van der Waals surface area contributed by atoms with E-state index in [1.807, 2.05) is 64.2 Å². The number of nitrogens with zero attached hydrogens (tertiary/aromatic N) is 5. The average Bonchev–Trinajstić information content (AvgIpc) is 3.26. The Kier molecular flexibility index (Phi) is 5.77. The maximum absolute atomic E-state index is 10.2. The van der Waals surface area contributed by atoms with Gasteiger partial charge in [-0.15, -0.1) is 0 Å². The van der Waals surface area contributed by atoms with Crippen LogP contribution >= 0.6 is 0 Å².